The normalized spacial score (nSPS) is 21.9. The van der Waals surface area contributed by atoms with Crippen LogP contribution in [0.15, 0.2) is 34.3 Å². The van der Waals surface area contributed by atoms with Gasteiger partial charge in [-0.3, -0.25) is 0 Å². The van der Waals surface area contributed by atoms with Crippen LogP contribution in [-0.2, 0) is 10.0 Å². The van der Waals surface area contributed by atoms with Crippen LogP contribution >= 0.6 is 0 Å². The molecule has 6 nitrogen and oxygen atoms in total. The molecule has 1 unspecified atom stereocenters. The number of hydrogen-bond acceptors (Lipinski definition) is 4. The molecule has 3 N–H and O–H groups in total. The van der Waals surface area contributed by atoms with Crippen LogP contribution in [0.5, 0.6) is 0 Å². The minimum absolute atomic E-state index is 0.0915. The van der Waals surface area contributed by atoms with E-state index in [0.717, 1.165) is 12.0 Å². The second-order valence-electron chi connectivity index (χ2n) is 5.04. The molecule has 0 spiro atoms. The van der Waals surface area contributed by atoms with E-state index in [4.69, 9.17) is 10.9 Å². The van der Waals surface area contributed by atoms with Crippen molar-refractivity contribution in [1.82, 2.24) is 4.31 Å². The van der Waals surface area contributed by atoms with Gasteiger partial charge in [0.1, 0.15) is 5.84 Å². The highest BCUT2D eigenvalue weighted by Gasteiger charge is 2.31. The van der Waals surface area contributed by atoms with Gasteiger partial charge in [-0.15, -0.1) is 0 Å². The molecule has 20 heavy (non-hydrogen) atoms. The molecule has 0 saturated carbocycles. The molecular formula is C13H19N3O3S. The average Bonchev–Trinajstić information content (AvgIpc) is 2.47. The second kappa shape index (κ2) is 5.80. The molecule has 1 aromatic carbocycles. The van der Waals surface area contributed by atoms with E-state index in [-0.39, 0.29) is 23.2 Å². The summed E-state index contributed by atoms with van der Waals surface area (Å²) in [6.07, 6.45) is 1.43. The Morgan fingerprint density at radius 3 is 2.65 bits per heavy atom. The third-order valence-corrected chi connectivity index (χ3v) is 5.46. The van der Waals surface area contributed by atoms with E-state index < -0.39 is 10.0 Å². The topological polar surface area (TPSA) is 96.0 Å². The van der Waals surface area contributed by atoms with Crippen molar-refractivity contribution in [1.29, 1.82) is 0 Å². The summed E-state index contributed by atoms with van der Waals surface area (Å²) in [5, 5.41) is 11.7. The predicted molar refractivity (Wildman–Crippen MR) is 76.1 cm³/mol. The Morgan fingerprint density at radius 2 is 2.05 bits per heavy atom. The maximum atomic E-state index is 12.5. The fraction of sp³-hybridized carbons (Fsp3) is 0.462. The van der Waals surface area contributed by atoms with Crippen LogP contribution in [0, 0.1) is 12.8 Å². The zero-order valence-electron chi connectivity index (χ0n) is 11.4. The number of benzene rings is 1. The van der Waals surface area contributed by atoms with E-state index in [9.17, 15) is 8.42 Å². The Balaban J connectivity index is 2.23. The lowest BCUT2D eigenvalue weighted by Crippen LogP contribution is -2.44. The first-order valence-electron chi connectivity index (χ1n) is 6.49. The quantitative estimate of drug-likeness (QED) is 0.378. The van der Waals surface area contributed by atoms with Crippen molar-refractivity contribution in [2.45, 2.75) is 24.7 Å². The molecule has 0 radical (unpaired) electrons. The van der Waals surface area contributed by atoms with Gasteiger partial charge < -0.3 is 10.9 Å². The fourth-order valence-electron chi connectivity index (χ4n) is 2.34. The molecule has 7 heteroatoms. The third kappa shape index (κ3) is 2.94. The summed E-state index contributed by atoms with van der Waals surface area (Å²) < 4.78 is 26.5. The van der Waals surface area contributed by atoms with Gasteiger partial charge in [-0.1, -0.05) is 22.9 Å². The van der Waals surface area contributed by atoms with E-state index in [2.05, 4.69) is 5.16 Å². The second-order valence-corrected chi connectivity index (χ2v) is 6.98. The number of nitrogens with two attached hydrogens (primary N) is 1. The summed E-state index contributed by atoms with van der Waals surface area (Å²) in [7, 11) is -3.51. The van der Waals surface area contributed by atoms with Crippen molar-refractivity contribution >= 4 is 15.9 Å². The number of piperidine rings is 1. The number of nitrogens with zero attached hydrogens (tertiary/aromatic N) is 2. The van der Waals surface area contributed by atoms with Gasteiger partial charge in [0, 0.05) is 19.0 Å². The molecule has 1 aromatic rings. The molecule has 0 aromatic heterocycles. The molecule has 2 rings (SSSR count). The van der Waals surface area contributed by atoms with Crippen LogP contribution in [0.1, 0.15) is 18.4 Å². The van der Waals surface area contributed by atoms with Gasteiger partial charge >= 0.3 is 0 Å². The molecule has 110 valence electrons. The Bertz CT molecular complexity index is 596. The van der Waals surface area contributed by atoms with Gasteiger partial charge in [0.25, 0.3) is 0 Å². The molecule has 1 saturated heterocycles. The van der Waals surface area contributed by atoms with Crippen molar-refractivity contribution in [2.75, 3.05) is 13.1 Å². The predicted octanol–water partition coefficient (Wildman–Crippen LogP) is 1.14. The molecule has 1 atom stereocenters. The highest BCUT2D eigenvalue weighted by Crippen LogP contribution is 2.24. The number of aryl methyl sites for hydroxylation is 1. The van der Waals surface area contributed by atoms with Gasteiger partial charge in [0.2, 0.25) is 10.0 Å². The van der Waals surface area contributed by atoms with E-state index in [0.29, 0.717) is 13.0 Å². The Kier molecular flexibility index (Phi) is 4.29. The van der Waals surface area contributed by atoms with Crippen molar-refractivity contribution < 1.29 is 13.6 Å². The molecular weight excluding hydrogens is 278 g/mol. The number of sulfonamides is 1. The number of hydrogen-bond donors (Lipinski definition) is 2. The zero-order valence-corrected chi connectivity index (χ0v) is 12.2. The smallest absolute Gasteiger partial charge is 0.243 e. The van der Waals surface area contributed by atoms with Gasteiger partial charge in [-0.2, -0.15) is 4.31 Å². The van der Waals surface area contributed by atoms with Crippen LogP contribution < -0.4 is 5.73 Å². The molecule has 1 aliphatic heterocycles. The minimum Gasteiger partial charge on any atom is -0.409 e. The molecule has 0 amide bonds. The third-order valence-electron chi connectivity index (χ3n) is 3.58. The molecule has 1 heterocycles. The highest BCUT2D eigenvalue weighted by molar-refractivity contribution is 7.89. The van der Waals surface area contributed by atoms with E-state index in [1.165, 1.54) is 4.31 Å². The minimum atomic E-state index is -3.51. The summed E-state index contributed by atoms with van der Waals surface area (Å²) in [5.74, 6) is -0.136. The molecule has 1 aliphatic rings. The molecule has 1 fully saturated rings. The monoisotopic (exact) mass is 297 g/mol. The lowest BCUT2D eigenvalue weighted by molar-refractivity contribution is 0.287. The Labute approximate surface area is 118 Å². The standard InChI is InChI=1S/C13H19N3O3S/c1-10-4-6-12(7-5-10)20(18,19)16-8-2-3-11(9-16)13(14)15-17/h4-7,11,17H,2-3,8-9H2,1H3,(H2,14,15). The van der Waals surface area contributed by atoms with E-state index in [1.54, 1.807) is 24.3 Å². The lowest BCUT2D eigenvalue weighted by Gasteiger charge is -2.31. The lowest BCUT2D eigenvalue weighted by atomic mass is 9.99. The Hall–Kier alpha value is -1.60. The summed E-state index contributed by atoms with van der Waals surface area (Å²) in [4.78, 5) is 0.281. The Morgan fingerprint density at radius 1 is 1.40 bits per heavy atom. The summed E-state index contributed by atoms with van der Waals surface area (Å²) in [6.45, 7) is 2.63. The summed E-state index contributed by atoms with van der Waals surface area (Å²) in [5.41, 5.74) is 6.60. The van der Waals surface area contributed by atoms with Crippen molar-refractivity contribution in [3.05, 3.63) is 29.8 Å². The van der Waals surface area contributed by atoms with Crippen molar-refractivity contribution in [2.24, 2.45) is 16.8 Å². The van der Waals surface area contributed by atoms with Gasteiger partial charge in [0.05, 0.1) is 4.90 Å². The fourth-order valence-corrected chi connectivity index (χ4v) is 3.87. The van der Waals surface area contributed by atoms with Crippen LogP contribution in [-0.4, -0.2) is 36.9 Å². The first-order valence-corrected chi connectivity index (χ1v) is 7.93. The van der Waals surface area contributed by atoms with Crippen molar-refractivity contribution in [3.8, 4) is 0 Å². The molecule has 0 bridgehead atoms. The van der Waals surface area contributed by atoms with Crippen LogP contribution in [0.3, 0.4) is 0 Å². The number of amidine groups is 1. The highest BCUT2D eigenvalue weighted by atomic mass is 32.2. The number of oxime groups is 1. The SMILES string of the molecule is Cc1ccc(S(=O)(=O)N2CCCC(C(N)=NO)C2)cc1. The van der Waals surface area contributed by atoms with E-state index in [1.807, 2.05) is 6.92 Å². The van der Waals surface area contributed by atoms with Gasteiger partial charge in [0.15, 0.2) is 0 Å². The molecule has 0 aliphatic carbocycles. The average molecular weight is 297 g/mol. The van der Waals surface area contributed by atoms with Crippen molar-refractivity contribution in [3.63, 3.8) is 0 Å². The van der Waals surface area contributed by atoms with Crippen LogP contribution in [0.4, 0.5) is 0 Å². The summed E-state index contributed by atoms with van der Waals surface area (Å²) >= 11 is 0. The van der Waals surface area contributed by atoms with Crippen LogP contribution in [0.2, 0.25) is 0 Å². The zero-order chi connectivity index (χ0) is 14.8. The first-order chi connectivity index (χ1) is 9.45. The maximum absolute atomic E-state index is 12.5. The largest absolute Gasteiger partial charge is 0.409 e. The van der Waals surface area contributed by atoms with E-state index >= 15 is 0 Å². The van der Waals surface area contributed by atoms with Gasteiger partial charge in [-0.25, -0.2) is 8.42 Å². The first kappa shape index (κ1) is 14.8. The summed E-state index contributed by atoms with van der Waals surface area (Å²) in [6, 6.07) is 6.77. The maximum Gasteiger partial charge on any atom is 0.243 e. The van der Waals surface area contributed by atoms with Crippen LogP contribution in [0.25, 0.3) is 0 Å². The van der Waals surface area contributed by atoms with Gasteiger partial charge in [-0.05, 0) is 31.9 Å². The number of rotatable bonds is 3.